The lowest BCUT2D eigenvalue weighted by atomic mass is 10.2. The summed E-state index contributed by atoms with van der Waals surface area (Å²) in [7, 11) is 1.65. The molecular weight excluding hydrogens is 180 g/mol. The number of aryl methyl sites for hydroxylation is 1. The first kappa shape index (κ1) is 9.34. The van der Waals surface area contributed by atoms with Gasteiger partial charge in [-0.15, -0.1) is 0 Å². The van der Waals surface area contributed by atoms with E-state index in [-0.39, 0.29) is 6.10 Å². The highest BCUT2D eigenvalue weighted by Gasteiger charge is 2.23. The Morgan fingerprint density at radius 2 is 2.21 bits per heavy atom. The van der Waals surface area contributed by atoms with Gasteiger partial charge in [-0.25, -0.2) is 0 Å². The summed E-state index contributed by atoms with van der Waals surface area (Å²) in [5.41, 5.74) is 1.16. The number of hydrogen-bond acceptors (Lipinski definition) is 3. The summed E-state index contributed by atoms with van der Waals surface area (Å²) in [6.07, 6.45) is 0.279. The van der Waals surface area contributed by atoms with Crippen LogP contribution >= 0.6 is 0 Å². The van der Waals surface area contributed by atoms with Crippen molar-refractivity contribution >= 4 is 0 Å². The SMILES string of the molecule is COc1cc(C)ccc1OC[C@H]1CO1. The van der Waals surface area contributed by atoms with Gasteiger partial charge in [0.15, 0.2) is 11.5 Å². The van der Waals surface area contributed by atoms with Crippen molar-refractivity contribution in [2.24, 2.45) is 0 Å². The molecule has 0 radical (unpaired) electrons. The highest BCUT2D eigenvalue weighted by molar-refractivity contribution is 5.42. The maximum atomic E-state index is 5.56. The van der Waals surface area contributed by atoms with Crippen LogP contribution in [-0.4, -0.2) is 26.4 Å². The van der Waals surface area contributed by atoms with Crippen LogP contribution in [0, 0.1) is 6.92 Å². The lowest BCUT2D eigenvalue weighted by Gasteiger charge is -2.09. The number of rotatable bonds is 4. The van der Waals surface area contributed by atoms with Crippen LogP contribution in [0.4, 0.5) is 0 Å². The molecular formula is C11H14O3. The average molecular weight is 194 g/mol. The topological polar surface area (TPSA) is 31.0 Å². The first-order valence-corrected chi connectivity index (χ1v) is 4.68. The molecule has 0 saturated carbocycles. The van der Waals surface area contributed by atoms with Gasteiger partial charge in [0, 0.05) is 0 Å². The first-order valence-electron chi connectivity index (χ1n) is 4.68. The first-order chi connectivity index (χ1) is 6.79. The van der Waals surface area contributed by atoms with Gasteiger partial charge in [-0.3, -0.25) is 0 Å². The molecule has 0 N–H and O–H groups in total. The third-order valence-electron chi connectivity index (χ3n) is 2.15. The third kappa shape index (κ3) is 2.17. The lowest BCUT2D eigenvalue weighted by Crippen LogP contribution is -2.05. The molecule has 76 valence electrons. The zero-order chi connectivity index (χ0) is 9.97. The van der Waals surface area contributed by atoms with Crippen LogP contribution in [0.3, 0.4) is 0 Å². The Morgan fingerprint density at radius 1 is 1.43 bits per heavy atom. The Labute approximate surface area is 83.6 Å². The largest absolute Gasteiger partial charge is 0.493 e. The predicted molar refractivity (Wildman–Crippen MR) is 53.0 cm³/mol. The van der Waals surface area contributed by atoms with Crippen LogP contribution in [0.1, 0.15) is 5.56 Å². The van der Waals surface area contributed by atoms with Crippen LogP contribution < -0.4 is 9.47 Å². The van der Waals surface area contributed by atoms with Gasteiger partial charge in [-0.05, 0) is 24.6 Å². The van der Waals surface area contributed by atoms with E-state index in [0.717, 1.165) is 23.7 Å². The van der Waals surface area contributed by atoms with Gasteiger partial charge in [0.05, 0.1) is 13.7 Å². The van der Waals surface area contributed by atoms with Crippen LogP contribution in [0.5, 0.6) is 11.5 Å². The predicted octanol–water partition coefficient (Wildman–Crippen LogP) is 1.78. The molecule has 2 rings (SSSR count). The summed E-state index contributed by atoms with van der Waals surface area (Å²) in [6, 6.07) is 5.89. The lowest BCUT2D eigenvalue weighted by molar-refractivity contribution is 0.252. The molecule has 0 unspecified atom stereocenters. The summed E-state index contributed by atoms with van der Waals surface area (Å²) >= 11 is 0. The molecule has 1 heterocycles. The number of ether oxygens (including phenoxy) is 3. The van der Waals surface area contributed by atoms with Crippen molar-refractivity contribution in [1.82, 2.24) is 0 Å². The molecule has 3 nitrogen and oxygen atoms in total. The highest BCUT2D eigenvalue weighted by Crippen LogP contribution is 2.28. The Kier molecular flexibility index (Phi) is 2.59. The molecule has 1 aromatic carbocycles. The van der Waals surface area contributed by atoms with Gasteiger partial charge >= 0.3 is 0 Å². The van der Waals surface area contributed by atoms with E-state index in [4.69, 9.17) is 14.2 Å². The Bertz CT molecular complexity index is 318. The van der Waals surface area contributed by atoms with Gasteiger partial charge in [0.2, 0.25) is 0 Å². The summed E-state index contributed by atoms with van der Waals surface area (Å²) in [5.74, 6) is 1.57. The van der Waals surface area contributed by atoms with E-state index in [1.807, 2.05) is 25.1 Å². The smallest absolute Gasteiger partial charge is 0.161 e. The van der Waals surface area contributed by atoms with Crippen LogP contribution in [-0.2, 0) is 4.74 Å². The quantitative estimate of drug-likeness (QED) is 0.684. The fourth-order valence-electron chi connectivity index (χ4n) is 1.24. The van der Waals surface area contributed by atoms with Crippen molar-refractivity contribution in [2.45, 2.75) is 13.0 Å². The van der Waals surface area contributed by atoms with Crippen molar-refractivity contribution in [1.29, 1.82) is 0 Å². The van der Waals surface area contributed by atoms with Crippen molar-refractivity contribution < 1.29 is 14.2 Å². The summed E-state index contributed by atoms with van der Waals surface area (Å²) < 4.78 is 15.8. The molecule has 0 aromatic heterocycles. The van der Waals surface area contributed by atoms with Crippen molar-refractivity contribution in [3.8, 4) is 11.5 Å². The molecule has 0 amide bonds. The molecule has 0 bridgehead atoms. The fourth-order valence-corrected chi connectivity index (χ4v) is 1.24. The Hall–Kier alpha value is -1.22. The van der Waals surface area contributed by atoms with Gasteiger partial charge in [-0.2, -0.15) is 0 Å². The van der Waals surface area contributed by atoms with Crippen LogP contribution in [0.25, 0.3) is 0 Å². The zero-order valence-electron chi connectivity index (χ0n) is 8.45. The van der Waals surface area contributed by atoms with Gasteiger partial charge < -0.3 is 14.2 Å². The molecule has 1 aromatic rings. The molecule has 0 aliphatic carbocycles. The van der Waals surface area contributed by atoms with E-state index in [2.05, 4.69) is 0 Å². The second-order valence-corrected chi connectivity index (χ2v) is 3.42. The molecule has 0 spiro atoms. The fraction of sp³-hybridized carbons (Fsp3) is 0.455. The van der Waals surface area contributed by atoms with E-state index in [0.29, 0.717) is 6.61 Å². The van der Waals surface area contributed by atoms with Crippen LogP contribution in [0.15, 0.2) is 18.2 Å². The highest BCUT2D eigenvalue weighted by atomic mass is 16.6. The molecule has 1 atom stereocenters. The summed E-state index contributed by atoms with van der Waals surface area (Å²) in [4.78, 5) is 0. The van der Waals surface area contributed by atoms with Crippen molar-refractivity contribution in [3.05, 3.63) is 23.8 Å². The van der Waals surface area contributed by atoms with E-state index in [1.54, 1.807) is 7.11 Å². The van der Waals surface area contributed by atoms with Gasteiger partial charge in [-0.1, -0.05) is 6.07 Å². The van der Waals surface area contributed by atoms with Gasteiger partial charge in [0.1, 0.15) is 12.7 Å². The maximum Gasteiger partial charge on any atom is 0.161 e. The summed E-state index contributed by atoms with van der Waals surface area (Å²) in [5, 5.41) is 0. The van der Waals surface area contributed by atoms with Crippen molar-refractivity contribution in [3.63, 3.8) is 0 Å². The van der Waals surface area contributed by atoms with Crippen molar-refractivity contribution in [2.75, 3.05) is 20.3 Å². The third-order valence-corrected chi connectivity index (χ3v) is 2.15. The van der Waals surface area contributed by atoms with Gasteiger partial charge in [0.25, 0.3) is 0 Å². The minimum atomic E-state index is 0.279. The number of hydrogen-bond donors (Lipinski definition) is 0. The Balaban J connectivity index is 2.05. The van der Waals surface area contributed by atoms with E-state index in [9.17, 15) is 0 Å². The van der Waals surface area contributed by atoms with Crippen LogP contribution in [0.2, 0.25) is 0 Å². The van der Waals surface area contributed by atoms with E-state index >= 15 is 0 Å². The monoisotopic (exact) mass is 194 g/mol. The Morgan fingerprint density at radius 3 is 2.86 bits per heavy atom. The minimum Gasteiger partial charge on any atom is -0.493 e. The number of methoxy groups -OCH3 is 1. The molecule has 14 heavy (non-hydrogen) atoms. The molecule has 1 saturated heterocycles. The molecule has 1 aliphatic rings. The maximum absolute atomic E-state index is 5.56. The summed E-state index contributed by atoms with van der Waals surface area (Å²) in [6.45, 7) is 3.45. The number of epoxide rings is 1. The molecule has 1 fully saturated rings. The molecule has 3 heteroatoms. The second-order valence-electron chi connectivity index (χ2n) is 3.42. The normalized spacial score (nSPS) is 19.1. The molecule has 1 aliphatic heterocycles. The minimum absolute atomic E-state index is 0.279. The van der Waals surface area contributed by atoms with E-state index in [1.165, 1.54) is 0 Å². The average Bonchev–Trinajstić information content (AvgIpc) is 2.99. The van der Waals surface area contributed by atoms with E-state index < -0.39 is 0 Å². The number of benzene rings is 1. The standard InChI is InChI=1S/C11H14O3/c1-8-3-4-10(11(5-8)12-2)14-7-9-6-13-9/h3-5,9H,6-7H2,1-2H3/t9-/m1/s1. The second kappa shape index (κ2) is 3.88. The zero-order valence-corrected chi connectivity index (χ0v) is 8.45.